The van der Waals surface area contributed by atoms with Gasteiger partial charge in [0, 0.05) is 24.7 Å². The Morgan fingerprint density at radius 2 is 2.06 bits per heavy atom. The van der Waals surface area contributed by atoms with Gasteiger partial charge in [0.1, 0.15) is 6.10 Å². The Bertz CT molecular complexity index is 349. The molecule has 1 heterocycles. The zero-order valence-corrected chi connectivity index (χ0v) is 11.6. The number of ether oxygens (including phenoxy) is 1. The lowest BCUT2D eigenvalue weighted by Crippen LogP contribution is -2.23. The van der Waals surface area contributed by atoms with Crippen molar-refractivity contribution in [2.45, 2.75) is 51.7 Å². The molecule has 0 radical (unpaired) electrons. The molecule has 2 rings (SSSR count). The summed E-state index contributed by atoms with van der Waals surface area (Å²) in [4.78, 5) is 4.46. The van der Waals surface area contributed by atoms with Crippen LogP contribution in [0.4, 0.5) is 5.13 Å². The molecular weight excluding hydrogens is 234 g/mol. The van der Waals surface area contributed by atoms with Gasteiger partial charge in [0.25, 0.3) is 0 Å². The molecule has 0 aliphatic heterocycles. The van der Waals surface area contributed by atoms with E-state index in [4.69, 9.17) is 4.74 Å². The molecule has 17 heavy (non-hydrogen) atoms. The van der Waals surface area contributed by atoms with Gasteiger partial charge >= 0.3 is 0 Å². The van der Waals surface area contributed by atoms with Crippen LogP contribution in [-0.4, -0.2) is 22.5 Å². The van der Waals surface area contributed by atoms with Gasteiger partial charge < -0.3 is 10.1 Å². The van der Waals surface area contributed by atoms with Crippen LogP contribution in [0.3, 0.4) is 0 Å². The number of hydrogen-bond donors (Lipinski definition) is 1. The van der Waals surface area contributed by atoms with Gasteiger partial charge in [-0.2, -0.15) is 4.37 Å². The molecule has 2 unspecified atom stereocenters. The van der Waals surface area contributed by atoms with Crippen LogP contribution in [-0.2, 0) is 4.74 Å². The lowest BCUT2D eigenvalue weighted by molar-refractivity contribution is 0.113. The van der Waals surface area contributed by atoms with E-state index in [2.05, 4.69) is 21.6 Å². The van der Waals surface area contributed by atoms with E-state index < -0.39 is 0 Å². The van der Waals surface area contributed by atoms with E-state index in [9.17, 15) is 0 Å². The maximum atomic E-state index is 5.21. The van der Waals surface area contributed by atoms with Crippen molar-refractivity contribution in [3.8, 4) is 0 Å². The fourth-order valence-electron chi connectivity index (χ4n) is 2.33. The van der Waals surface area contributed by atoms with Crippen LogP contribution in [0.5, 0.6) is 0 Å². The van der Waals surface area contributed by atoms with Gasteiger partial charge in [-0.25, -0.2) is 4.98 Å². The first-order chi connectivity index (χ1) is 8.20. The summed E-state index contributed by atoms with van der Waals surface area (Å²) in [6.45, 7) is 4.21. The molecule has 4 nitrogen and oxygen atoms in total. The minimum atomic E-state index is -0.0245. The Labute approximate surface area is 107 Å². The normalized spacial score (nSPS) is 20.4. The molecule has 5 heteroatoms. The van der Waals surface area contributed by atoms with Crippen molar-refractivity contribution in [3.05, 3.63) is 5.82 Å². The van der Waals surface area contributed by atoms with Crippen LogP contribution >= 0.6 is 11.5 Å². The Hall–Kier alpha value is -0.680. The van der Waals surface area contributed by atoms with Crippen LogP contribution in [0.15, 0.2) is 0 Å². The van der Waals surface area contributed by atoms with Crippen molar-refractivity contribution < 1.29 is 4.74 Å². The van der Waals surface area contributed by atoms with Crippen molar-refractivity contribution in [2.75, 3.05) is 12.4 Å². The fraction of sp³-hybridized carbons (Fsp3) is 0.833. The summed E-state index contributed by atoms with van der Waals surface area (Å²) in [7, 11) is 1.68. The molecule has 1 aromatic heterocycles. The minimum Gasteiger partial charge on any atom is -0.374 e. The summed E-state index contributed by atoms with van der Waals surface area (Å²) in [5, 5.41) is 4.39. The molecule has 1 saturated carbocycles. The molecule has 1 N–H and O–H groups in total. The molecule has 1 aromatic rings. The molecule has 0 spiro atoms. The second-order valence-corrected chi connectivity index (χ2v) is 5.57. The quantitative estimate of drug-likeness (QED) is 0.877. The molecule has 0 saturated heterocycles. The standard InChI is InChI=1S/C12H21N3OS/c1-8(10-6-4-5-7-10)13-12-14-11(15-17-12)9(2)16-3/h8-10H,4-7H2,1-3H3,(H,13,14,15). The van der Waals surface area contributed by atoms with Crippen molar-refractivity contribution in [2.24, 2.45) is 5.92 Å². The van der Waals surface area contributed by atoms with E-state index in [-0.39, 0.29) is 6.10 Å². The van der Waals surface area contributed by atoms with Crippen LogP contribution in [0.1, 0.15) is 51.5 Å². The molecule has 96 valence electrons. The Kier molecular flexibility index (Phi) is 4.34. The number of rotatable bonds is 5. The number of methoxy groups -OCH3 is 1. The van der Waals surface area contributed by atoms with Gasteiger partial charge in [-0.05, 0) is 32.6 Å². The maximum absolute atomic E-state index is 5.21. The van der Waals surface area contributed by atoms with E-state index in [0.717, 1.165) is 16.9 Å². The van der Waals surface area contributed by atoms with Gasteiger partial charge in [-0.15, -0.1) is 0 Å². The van der Waals surface area contributed by atoms with Crippen LogP contribution < -0.4 is 5.32 Å². The predicted octanol–water partition coefficient (Wildman–Crippen LogP) is 3.24. The average molecular weight is 255 g/mol. The Morgan fingerprint density at radius 3 is 2.71 bits per heavy atom. The number of nitrogens with zero attached hydrogens (tertiary/aromatic N) is 2. The van der Waals surface area contributed by atoms with E-state index >= 15 is 0 Å². The van der Waals surface area contributed by atoms with Crippen LogP contribution in [0.25, 0.3) is 0 Å². The maximum Gasteiger partial charge on any atom is 0.202 e. The van der Waals surface area contributed by atoms with Gasteiger partial charge in [-0.3, -0.25) is 0 Å². The van der Waals surface area contributed by atoms with Crippen LogP contribution in [0.2, 0.25) is 0 Å². The highest BCUT2D eigenvalue weighted by atomic mass is 32.1. The minimum absolute atomic E-state index is 0.0245. The SMILES string of the molecule is COC(C)c1nsc(NC(C)C2CCCC2)n1. The second kappa shape index (κ2) is 5.78. The topological polar surface area (TPSA) is 47.0 Å². The summed E-state index contributed by atoms with van der Waals surface area (Å²) in [6, 6.07) is 0.496. The number of anilines is 1. The molecular formula is C12H21N3OS. The number of nitrogens with one attached hydrogen (secondary N) is 1. The highest BCUT2D eigenvalue weighted by molar-refractivity contribution is 7.09. The number of hydrogen-bond acceptors (Lipinski definition) is 5. The van der Waals surface area contributed by atoms with E-state index in [1.807, 2.05) is 6.92 Å². The number of aromatic nitrogens is 2. The Balaban J connectivity index is 1.91. The molecule has 0 amide bonds. The first-order valence-electron chi connectivity index (χ1n) is 6.33. The van der Waals surface area contributed by atoms with E-state index in [0.29, 0.717) is 6.04 Å². The van der Waals surface area contributed by atoms with Gasteiger partial charge in [0.2, 0.25) is 5.13 Å². The Morgan fingerprint density at radius 1 is 1.35 bits per heavy atom. The van der Waals surface area contributed by atoms with Gasteiger partial charge in [0.05, 0.1) is 0 Å². The summed E-state index contributed by atoms with van der Waals surface area (Å²) in [5.74, 6) is 1.57. The van der Waals surface area contributed by atoms with Gasteiger partial charge in [-0.1, -0.05) is 12.8 Å². The van der Waals surface area contributed by atoms with Crippen molar-refractivity contribution in [1.29, 1.82) is 0 Å². The summed E-state index contributed by atoms with van der Waals surface area (Å²) in [5.41, 5.74) is 0. The fourth-order valence-corrected chi connectivity index (χ4v) is 3.08. The summed E-state index contributed by atoms with van der Waals surface area (Å²) >= 11 is 1.43. The predicted molar refractivity (Wildman–Crippen MR) is 70.4 cm³/mol. The highest BCUT2D eigenvalue weighted by Gasteiger charge is 2.22. The zero-order valence-electron chi connectivity index (χ0n) is 10.8. The van der Waals surface area contributed by atoms with Gasteiger partial charge in [0.15, 0.2) is 5.82 Å². The average Bonchev–Trinajstić information content (AvgIpc) is 2.98. The summed E-state index contributed by atoms with van der Waals surface area (Å²) < 4.78 is 9.52. The van der Waals surface area contributed by atoms with Crippen molar-refractivity contribution in [3.63, 3.8) is 0 Å². The molecule has 1 aliphatic rings. The first-order valence-corrected chi connectivity index (χ1v) is 7.11. The smallest absolute Gasteiger partial charge is 0.202 e. The summed E-state index contributed by atoms with van der Waals surface area (Å²) in [6.07, 6.45) is 5.41. The third-order valence-corrected chi connectivity index (χ3v) is 4.28. The molecule has 0 aromatic carbocycles. The van der Waals surface area contributed by atoms with Crippen molar-refractivity contribution >= 4 is 16.7 Å². The largest absolute Gasteiger partial charge is 0.374 e. The highest BCUT2D eigenvalue weighted by Crippen LogP contribution is 2.29. The van der Waals surface area contributed by atoms with E-state index in [1.54, 1.807) is 7.11 Å². The molecule has 2 atom stereocenters. The first kappa shape index (κ1) is 12.8. The zero-order chi connectivity index (χ0) is 12.3. The molecule has 1 aliphatic carbocycles. The monoisotopic (exact) mass is 255 g/mol. The lowest BCUT2D eigenvalue weighted by atomic mass is 10.0. The molecule has 0 bridgehead atoms. The third kappa shape index (κ3) is 3.16. The van der Waals surface area contributed by atoms with E-state index in [1.165, 1.54) is 37.2 Å². The molecule has 1 fully saturated rings. The third-order valence-electron chi connectivity index (χ3n) is 3.62. The van der Waals surface area contributed by atoms with Crippen LogP contribution in [0, 0.1) is 5.92 Å². The second-order valence-electron chi connectivity index (χ2n) is 4.81. The lowest BCUT2D eigenvalue weighted by Gasteiger charge is -2.19. The van der Waals surface area contributed by atoms with Crippen molar-refractivity contribution in [1.82, 2.24) is 9.36 Å².